The number of aromatic nitrogens is 2. The quantitative estimate of drug-likeness (QED) is 0.935. The van der Waals surface area contributed by atoms with E-state index in [2.05, 4.69) is 31.2 Å². The lowest BCUT2D eigenvalue weighted by atomic mass is 10.1. The molecule has 2 rings (SSSR count). The zero-order valence-electron chi connectivity index (χ0n) is 11.4. The van der Waals surface area contributed by atoms with E-state index < -0.39 is 0 Å². The minimum absolute atomic E-state index is 0.226. The van der Waals surface area contributed by atoms with Gasteiger partial charge in [0.15, 0.2) is 0 Å². The van der Waals surface area contributed by atoms with Gasteiger partial charge in [-0.15, -0.1) is 0 Å². The molecule has 5 nitrogen and oxygen atoms in total. The van der Waals surface area contributed by atoms with Crippen LogP contribution in [0.1, 0.15) is 21.6 Å². The molecule has 0 aliphatic carbocycles. The number of ether oxygens (including phenoxy) is 1. The first-order chi connectivity index (χ1) is 9.49. The number of carbonyl (C=O) groups excluding carboxylic acids is 1. The summed E-state index contributed by atoms with van der Waals surface area (Å²) in [5.74, 6) is 0.375. The minimum atomic E-state index is -0.265. The van der Waals surface area contributed by atoms with Crippen molar-refractivity contribution in [3.63, 3.8) is 0 Å². The van der Waals surface area contributed by atoms with E-state index in [1.165, 1.54) is 7.11 Å². The van der Waals surface area contributed by atoms with Crippen molar-refractivity contribution in [1.82, 2.24) is 9.97 Å². The highest BCUT2D eigenvalue weighted by atomic mass is 79.9. The summed E-state index contributed by atoms with van der Waals surface area (Å²) in [5, 5.41) is 2.66. The zero-order chi connectivity index (χ0) is 14.7. The van der Waals surface area contributed by atoms with Crippen LogP contribution in [0.5, 0.6) is 5.88 Å². The predicted molar refractivity (Wildman–Crippen MR) is 80.2 cm³/mol. The molecule has 1 aromatic heterocycles. The Morgan fingerprint density at radius 3 is 2.65 bits per heavy atom. The number of hydrogen-bond donors (Lipinski definition) is 1. The fourth-order valence-electron chi connectivity index (χ4n) is 1.61. The second-order valence-electron chi connectivity index (χ2n) is 4.29. The standard InChI is InChI=1S/C14H14BrN3O2/c1-8-4-5-10(7-11(8)15)13(19)18-14-16-9(2)6-12(17-14)20-3/h4-7H,1-3H3,(H,16,17,18,19). The number of aryl methyl sites for hydroxylation is 2. The predicted octanol–water partition coefficient (Wildman–Crippen LogP) is 3.12. The van der Waals surface area contributed by atoms with Crippen molar-refractivity contribution in [2.45, 2.75) is 13.8 Å². The van der Waals surface area contributed by atoms with E-state index in [1.807, 2.05) is 19.9 Å². The third-order valence-corrected chi connectivity index (χ3v) is 3.55. The van der Waals surface area contributed by atoms with Gasteiger partial charge >= 0.3 is 0 Å². The van der Waals surface area contributed by atoms with Gasteiger partial charge < -0.3 is 4.74 Å². The van der Waals surface area contributed by atoms with Gasteiger partial charge in [-0.3, -0.25) is 10.1 Å². The summed E-state index contributed by atoms with van der Waals surface area (Å²) >= 11 is 3.40. The number of halogens is 1. The smallest absolute Gasteiger partial charge is 0.258 e. The molecular weight excluding hydrogens is 322 g/mol. The second kappa shape index (κ2) is 6.00. The van der Waals surface area contributed by atoms with Gasteiger partial charge in [0.2, 0.25) is 11.8 Å². The van der Waals surface area contributed by atoms with Crippen LogP contribution in [0.25, 0.3) is 0 Å². The molecule has 2 aromatic rings. The highest BCUT2D eigenvalue weighted by Crippen LogP contribution is 2.18. The van der Waals surface area contributed by atoms with Crippen molar-refractivity contribution in [2.75, 3.05) is 12.4 Å². The number of carbonyl (C=O) groups is 1. The van der Waals surface area contributed by atoms with Gasteiger partial charge in [0, 0.05) is 21.8 Å². The van der Waals surface area contributed by atoms with Gasteiger partial charge in [-0.25, -0.2) is 4.98 Å². The van der Waals surface area contributed by atoms with Crippen LogP contribution in [-0.2, 0) is 0 Å². The second-order valence-corrected chi connectivity index (χ2v) is 5.15. The number of hydrogen-bond acceptors (Lipinski definition) is 4. The Bertz CT molecular complexity index is 659. The maximum atomic E-state index is 12.1. The van der Waals surface area contributed by atoms with Crippen LogP contribution in [0.2, 0.25) is 0 Å². The number of rotatable bonds is 3. The van der Waals surface area contributed by atoms with Gasteiger partial charge in [0.25, 0.3) is 5.91 Å². The molecule has 1 aromatic carbocycles. The van der Waals surface area contributed by atoms with E-state index >= 15 is 0 Å². The largest absolute Gasteiger partial charge is 0.481 e. The molecule has 1 amide bonds. The van der Waals surface area contributed by atoms with Crippen molar-refractivity contribution in [2.24, 2.45) is 0 Å². The molecule has 1 heterocycles. The molecule has 0 atom stereocenters. The third kappa shape index (κ3) is 3.33. The van der Waals surface area contributed by atoms with Crippen molar-refractivity contribution < 1.29 is 9.53 Å². The van der Waals surface area contributed by atoms with Crippen LogP contribution in [0, 0.1) is 13.8 Å². The molecule has 1 N–H and O–H groups in total. The highest BCUT2D eigenvalue weighted by molar-refractivity contribution is 9.10. The number of amides is 1. The summed E-state index contributed by atoms with van der Waals surface area (Å²) in [5.41, 5.74) is 2.32. The first kappa shape index (κ1) is 14.5. The topological polar surface area (TPSA) is 64.1 Å². The molecular formula is C14H14BrN3O2. The molecule has 0 aliphatic rings. The molecule has 0 bridgehead atoms. The van der Waals surface area contributed by atoms with Crippen LogP contribution in [0.15, 0.2) is 28.7 Å². The number of nitrogens with zero attached hydrogens (tertiary/aromatic N) is 2. The summed E-state index contributed by atoms with van der Waals surface area (Å²) in [4.78, 5) is 20.4. The Morgan fingerprint density at radius 1 is 1.25 bits per heavy atom. The maximum Gasteiger partial charge on any atom is 0.258 e. The molecule has 6 heteroatoms. The number of anilines is 1. The lowest BCUT2D eigenvalue weighted by Gasteiger charge is -2.07. The molecule has 0 radical (unpaired) electrons. The van der Waals surface area contributed by atoms with Crippen molar-refractivity contribution in [1.29, 1.82) is 0 Å². The molecule has 0 saturated heterocycles. The Morgan fingerprint density at radius 2 is 2.00 bits per heavy atom. The van der Waals surface area contributed by atoms with Gasteiger partial charge in [0.05, 0.1) is 7.11 Å². The summed E-state index contributed by atoms with van der Waals surface area (Å²) in [6.07, 6.45) is 0. The van der Waals surface area contributed by atoms with Crippen LogP contribution in [0.3, 0.4) is 0 Å². The van der Waals surface area contributed by atoms with E-state index in [0.29, 0.717) is 11.4 Å². The maximum absolute atomic E-state index is 12.1. The first-order valence-corrected chi connectivity index (χ1v) is 6.76. The van der Waals surface area contributed by atoms with Gasteiger partial charge in [0.1, 0.15) is 0 Å². The van der Waals surface area contributed by atoms with E-state index in [1.54, 1.807) is 18.2 Å². The Kier molecular flexibility index (Phi) is 4.34. The summed E-state index contributed by atoms with van der Waals surface area (Å²) in [7, 11) is 1.52. The summed E-state index contributed by atoms with van der Waals surface area (Å²) in [6, 6.07) is 7.08. The SMILES string of the molecule is COc1cc(C)nc(NC(=O)c2ccc(C)c(Br)c2)n1. The number of benzene rings is 1. The van der Waals surface area contributed by atoms with Crippen LogP contribution >= 0.6 is 15.9 Å². The summed E-state index contributed by atoms with van der Waals surface area (Å²) in [6.45, 7) is 3.77. The van der Waals surface area contributed by atoms with E-state index in [0.717, 1.165) is 15.7 Å². The monoisotopic (exact) mass is 335 g/mol. The molecule has 0 fully saturated rings. The Balaban J connectivity index is 2.23. The number of nitrogens with one attached hydrogen (secondary N) is 1. The lowest BCUT2D eigenvalue weighted by molar-refractivity contribution is 0.102. The van der Waals surface area contributed by atoms with Crippen molar-refractivity contribution in [3.8, 4) is 5.88 Å². The lowest BCUT2D eigenvalue weighted by Crippen LogP contribution is -2.15. The van der Waals surface area contributed by atoms with Gasteiger partial charge in [-0.05, 0) is 31.5 Å². The first-order valence-electron chi connectivity index (χ1n) is 5.97. The molecule has 0 unspecified atom stereocenters. The van der Waals surface area contributed by atoms with Crippen molar-refractivity contribution in [3.05, 3.63) is 45.6 Å². The Labute approximate surface area is 125 Å². The summed E-state index contributed by atoms with van der Waals surface area (Å²) < 4.78 is 5.93. The van der Waals surface area contributed by atoms with Crippen LogP contribution in [0.4, 0.5) is 5.95 Å². The molecule has 0 aliphatic heterocycles. The van der Waals surface area contributed by atoms with E-state index in [9.17, 15) is 4.79 Å². The fraction of sp³-hybridized carbons (Fsp3) is 0.214. The third-order valence-electron chi connectivity index (χ3n) is 2.70. The average molecular weight is 336 g/mol. The Hall–Kier alpha value is -1.95. The van der Waals surface area contributed by atoms with E-state index in [4.69, 9.17) is 4.74 Å². The number of methoxy groups -OCH3 is 1. The van der Waals surface area contributed by atoms with Crippen molar-refractivity contribution >= 4 is 27.8 Å². The zero-order valence-corrected chi connectivity index (χ0v) is 13.0. The molecule has 0 saturated carbocycles. The molecule has 104 valence electrons. The van der Waals surface area contributed by atoms with Gasteiger partial charge in [-0.1, -0.05) is 22.0 Å². The molecule has 20 heavy (non-hydrogen) atoms. The van der Waals surface area contributed by atoms with E-state index in [-0.39, 0.29) is 11.9 Å². The average Bonchev–Trinajstić information content (AvgIpc) is 2.41. The highest BCUT2D eigenvalue weighted by Gasteiger charge is 2.10. The minimum Gasteiger partial charge on any atom is -0.481 e. The van der Waals surface area contributed by atoms with Crippen LogP contribution < -0.4 is 10.1 Å². The molecule has 0 spiro atoms. The fourth-order valence-corrected chi connectivity index (χ4v) is 1.99. The van der Waals surface area contributed by atoms with Gasteiger partial charge in [-0.2, -0.15) is 4.98 Å². The van der Waals surface area contributed by atoms with Crippen LogP contribution in [-0.4, -0.2) is 23.0 Å². The normalized spacial score (nSPS) is 10.2.